The molecule has 0 unspecified atom stereocenters. The highest BCUT2D eigenvalue weighted by Crippen LogP contribution is 2.30. The minimum atomic E-state index is -3.04. The van der Waals surface area contributed by atoms with Crippen LogP contribution in [0.1, 0.15) is 36.1 Å². The number of hydrogen-bond donors (Lipinski definition) is 1. The molecule has 1 amide bonds. The van der Waals surface area contributed by atoms with Crippen LogP contribution in [0.15, 0.2) is 36.7 Å². The second kappa shape index (κ2) is 11.7. The zero-order valence-electron chi connectivity index (χ0n) is 23.8. The third-order valence-electron chi connectivity index (χ3n) is 7.15. The molecule has 0 atom stereocenters. The van der Waals surface area contributed by atoms with E-state index in [1.165, 1.54) is 18.5 Å². The van der Waals surface area contributed by atoms with E-state index < -0.39 is 21.5 Å². The molecule has 11 nitrogen and oxygen atoms in total. The van der Waals surface area contributed by atoms with Crippen molar-refractivity contribution >= 4 is 38.5 Å². The molecule has 4 heterocycles. The Balaban J connectivity index is 1.29. The molecule has 14 heteroatoms. The summed E-state index contributed by atoms with van der Waals surface area (Å²) >= 11 is 0. The average Bonchev–Trinajstić information content (AvgIpc) is 3.29. The largest absolute Gasteiger partial charge is 0.336 e. The standard InChI is InChI=1S/C28H32F2N8O3S/c1-17(2)38-18(3)33-26-21(29)13-20(14-23(26)38)25-22(30)16-32-28(35-25)34-24-6-5-19(15-31-24)27(39)37-9-7-36(8-10-37)11-12-42(4,40)41/h5-6,13-17H,7-12H2,1-4H3,(H,31,32,34,35). The van der Waals surface area contributed by atoms with Gasteiger partial charge in [0.05, 0.1) is 23.0 Å². The third kappa shape index (κ3) is 6.39. The summed E-state index contributed by atoms with van der Waals surface area (Å²) in [5.74, 6) is -0.325. The molecule has 5 rings (SSSR count). The number of rotatable bonds is 8. The molecule has 0 saturated carbocycles. The maximum atomic E-state index is 15.0. The maximum Gasteiger partial charge on any atom is 0.255 e. The number of hydrogen-bond acceptors (Lipinski definition) is 9. The van der Waals surface area contributed by atoms with E-state index in [4.69, 9.17) is 0 Å². The predicted octanol–water partition coefficient (Wildman–Crippen LogP) is 3.60. The first-order valence-corrected chi connectivity index (χ1v) is 15.6. The Hall–Kier alpha value is -4.04. The van der Waals surface area contributed by atoms with E-state index in [1.54, 1.807) is 30.0 Å². The van der Waals surface area contributed by atoms with E-state index in [1.807, 2.05) is 23.3 Å². The van der Waals surface area contributed by atoms with E-state index in [0.717, 1.165) is 6.20 Å². The van der Waals surface area contributed by atoms with E-state index in [2.05, 4.69) is 25.3 Å². The van der Waals surface area contributed by atoms with E-state index in [9.17, 15) is 22.0 Å². The van der Waals surface area contributed by atoms with Gasteiger partial charge in [-0.25, -0.2) is 37.1 Å². The van der Waals surface area contributed by atoms with E-state index >= 15 is 0 Å². The molecule has 1 N–H and O–H groups in total. The quantitative estimate of drug-likeness (QED) is 0.324. The van der Waals surface area contributed by atoms with E-state index in [0.29, 0.717) is 55.4 Å². The van der Waals surface area contributed by atoms with Crippen molar-refractivity contribution in [2.75, 3.05) is 50.0 Å². The van der Waals surface area contributed by atoms with Crippen molar-refractivity contribution in [3.63, 3.8) is 0 Å². The zero-order chi connectivity index (χ0) is 30.2. The molecule has 1 fully saturated rings. The van der Waals surface area contributed by atoms with Gasteiger partial charge < -0.3 is 14.8 Å². The van der Waals surface area contributed by atoms with Crippen molar-refractivity contribution in [3.8, 4) is 11.3 Å². The number of amides is 1. The number of aromatic nitrogens is 5. The van der Waals surface area contributed by atoms with Crippen LogP contribution >= 0.6 is 0 Å². The van der Waals surface area contributed by atoms with Gasteiger partial charge in [-0.3, -0.25) is 9.69 Å². The van der Waals surface area contributed by atoms with Crippen LogP contribution in [-0.2, 0) is 9.84 Å². The van der Waals surface area contributed by atoms with Crippen molar-refractivity contribution in [1.82, 2.24) is 34.3 Å². The lowest BCUT2D eigenvalue weighted by Gasteiger charge is -2.34. The molecule has 1 aliphatic heterocycles. The minimum absolute atomic E-state index is 0.0228. The van der Waals surface area contributed by atoms with Crippen LogP contribution in [-0.4, -0.2) is 93.4 Å². The fraction of sp³-hybridized carbons (Fsp3) is 0.393. The molecule has 0 radical (unpaired) electrons. The Morgan fingerprint density at radius 1 is 1.02 bits per heavy atom. The average molecular weight is 599 g/mol. The summed E-state index contributed by atoms with van der Waals surface area (Å²) in [7, 11) is -3.04. The van der Waals surface area contributed by atoms with Crippen molar-refractivity contribution in [2.24, 2.45) is 0 Å². The number of pyridine rings is 1. The number of anilines is 2. The van der Waals surface area contributed by atoms with Gasteiger partial charge >= 0.3 is 0 Å². The summed E-state index contributed by atoms with van der Waals surface area (Å²) in [6, 6.07) is 6.11. The zero-order valence-corrected chi connectivity index (χ0v) is 24.6. The van der Waals surface area contributed by atoms with Crippen molar-refractivity contribution in [1.29, 1.82) is 0 Å². The lowest BCUT2D eigenvalue weighted by atomic mass is 10.1. The second-order valence-electron chi connectivity index (χ2n) is 10.7. The van der Waals surface area contributed by atoms with Gasteiger partial charge in [-0.15, -0.1) is 0 Å². The number of piperazine rings is 1. The topological polar surface area (TPSA) is 126 Å². The molecule has 0 bridgehead atoms. The molecular formula is C28H32F2N8O3S. The Morgan fingerprint density at radius 3 is 2.40 bits per heavy atom. The number of nitrogens with zero attached hydrogens (tertiary/aromatic N) is 7. The van der Waals surface area contributed by atoms with Crippen LogP contribution in [0.3, 0.4) is 0 Å². The highest BCUT2D eigenvalue weighted by atomic mass is 32.2. The Bertz CT molecular complexity index is 1730. The molecule has 4 aromatic rings. The van der Waals surface area contributed by atoms with Gasteiger partial charge in [-0.05, 0) is 45.0 Å². The number of halogens is 2. The van der Waals surface area contributed by atoms with Crippen LogP contribution in [0, 0.1) is 18.6 Å². The normalized spacial score (nSPS) is 14.6. The van der Waals surface area contributed by atoms with Gasteiger partial charge in [0.25, 0.3) is 5.91 Å². The van der Waals surface area contributed by atoms with Gasteiger partial charge in [0.1, 0.15) is 32.7 Å². The molecule has 1 aromatic carbocycles. The second-order valence-corrected chi connectivity index (χ2v) is 12.9. The van der Waals surface area contributed by atoms with Crippen LogP contribution in [0.4, 0.5) is 20.5 Å². The summed E-state index contributed by atoms with van der Waals surface area (Å²) in [6.45, 7) is 8.32. The summed E-state index contributed by atoms with van der Waals surface area (Å²) in [6.07, 6.45) is 3.65. The number of imidazole rings is 1. The third-order valence-corrected chi connectivity index (χ3v) is 8.07. The van der Waals surface area contributed by atoms with E-state index in [-0.39, 0.29) is 40.4 Å². The smallest absolute Gasteiger partial charge is 0.255 e. The van der Waals surface area contributed by atoms with Crippen LogP contribution in [0.25, 0.3) is 22.3 Å². The Kier molecular flexibility index (Phi) is 8.19. The lowest BCUT2D eigenvalue weighted by molar-refractivity contribution is 0.0643. The number of sulfone groups is 1. The van der Waals surface area contributed by atoms with Gasteiger partial charge in [0.2, 0.25) is 5.95 Å². The summed E-state index contributed by atoms with van der Waals surface area (Å²) in [4.78, 5) is 33.6. The number of fused-ring (bicyclic) bond motifs is 1. The predicted molar refractivity (Wildman–Crippen MR) is 155 cm³/mol. The number of carbonyl (C=O) groups excluding carboxylic acids is 1. The highest BCUT2D eigenvalue weighted by Gasteiger charge is 2.23. The first-order valence-electron chi connectivity index (χ1n) is 13.5. The summed E-state index contributed by atoms with van der Waals surface area (Å²) in [5.41, 5.74) is 1.32. The van der Waals surface area contributed by atoms with Crippen molar-refractivity contribution < 1.29 is 22.0 Å². The maximum absolute atomic E-state index is 15.0. The molecule has 3 aromatic heterocycles. The summed E-state index contributed by atoms with van der Waals surface area (Å²) < 4.78 is 54.5. The fourth-order valence-corrected chi connectivity index (χ4v) is 5.64. The van der Waals surface area contributed by atoms with Gasteiger partial charge in [-0.2, -0.15) is 0 Å². The fourth-order valence-electron chi connectivity index (χ4n) is 5.05. The first-order chi connectivity index (χ1) is 19.9. The molecule has 1 saturated heterocycles. The Labute approximate surface area is 242 Å². The van der Waals surface area contributed by atoms with Crippen molar-refractivity contribution in [3.05, 3.63) is 59.7 Å². The molecule has 0 spiro atoms. The first kappa shape index (κ1) is 29.5. The van der Waals surface area contributed by atoms with Crippen LogP contribution in [0.5, 0.6) is 0 Å². The van der Waals surface area contributed by atoms with Crippen LogP contribution in [0.2, 0.25) is 0 Å². The molecule has 0 aliphatic carbocycles. The Morgan fingerprint density at radius 2 is 1.76 bits per heavy atom. The number of aryl methyl sites for hydroxylation is 1. The molecule has 222 valence electrons. The number of nitrogens with one attached hydrogen (secondary N) is 1. The monoisotopic (exact) mass is 598 g/mol. The molecule has 1 aliphatic rings. The van der Waals surface area contributed by atoms with Gasteiger partial charge in [0, 0.05) is 56.8 Å². The SMILES string of the molecule is Cc1nc2c(F)cc(-c3nc(Nc4ccc(C(=O)N5CCN(CCS(C)(=O)=O)CC5)cn4)ncc3F)cc2n1C(C)C. The van der Waals surface area contributed by atoms with Crippen molar-refractivity contribution in [2.45, 2.75) is 26.8 Å². The highest BCUT2D eigenvalue weighted by molar-refractivity contribution is 7.90. The van der Waals surface area contributed by atoms with Gasteiger partial charge in [-0.1, -0.05) is 0 Å². The minimum Gasteiger partial charge on any atom is -0.336 e. The number of carbonyl (C=O) groups is 1. The summed E-state index contributed by atoms with van der Waals surface area (Å²) in [5, 5.41) is 2.91. The molecular weight excluding hydrogens is 566 g/mol. The van der Waals surface area contributed by atoms with Gasteiger partial charge in [0.15, 0.2) is 11.6 Å². The van der Waals surface area contributed by atoms with Crippen LogP contribution < -0.4 is 5.32 Å². The lowest BCUT2D eigenvalue weighted by Crippen LogP contribution is -2.49. The number of benzene rings is 1. The molecule has 42 heavy (non-hydrogen) atoms.